The molecule has 1 aromatic carbocycles. The number of esters is 1. The van der Waals surface area contributed by atoms with Crippen molar-refractivity contribution in [3.05, 3.63) is 35.9 Å². The van der Waals surface area contributed by atoms with Crippen molar-refractivity contribution in [2.75, 3.05) is 13.7 Å². The van der Waals surface area contributed by atoms with Gasteiger partial charge in [-0.05, 0) is 12.5 Å². The number of benzene rings is 1. The van der Waals surface area contributed by atoms with Gasteiger partial charge in [-0.25, -0.2) is 9.59 Å². The molecule has 0 spiro atoms. The fourth-order valence-corrected chi connectivity index (χ4v) is 1.65. The van der Waals surface area contributed by atoms with Crippen LogP contribution in [0.5, 0.6) is 0 Å². The monoisotopic (exact) mass is 324 g/mol. The van der Waals surface area contributed by atoms with Crippen molar-refractivity contribution in [2.24, 2.45) is 0 Å². The van der Waals surface area contributed by atoms with E-state index in [1.54, 1.807) is 12.1 Å². The molecule has 0 aromatic heterocycles. The van der Waals surface area contributed by atoms with Crippen LogP contribution < -0.4 is 10.6 Å². The second-order valence-corrected chi connectivity index (χ2v) is 4.72. The number of alkyl carbamates (subject to hydrolysis) is 1. The summed E-state index contributed by atoms with van der Waals surface area (Å²) >= 11 is 0. The summed E-state index contributed by atoms with van der Waals surface area (Å²) in [6.45, 7) is 1.02. The van der Waals surface area contributed by atoms with Crippen molar-refractivity contribution in [3.8, 4) is 0 Å². The van der Waals surface area contributed by atoms with Gasteiger partial charge in [-0.2, -0.15) is 0 Å². The van der Waals surface area contributed by atoms with Gasteiger partial charge >= 0.3 is 12.1 Å². The summed E-state index contributed by atoms with van der Waals surface area (Å²) in [6.07, 6.45) is -1.90. The number of carbonyl (C=O) groups is 3. The Morgan fingerprint density at radius 2 is 1.87 bits per heavy atom. The lowest BCUT2D eigenvalue weighted by Gasteiger charge is -2.18. The van der Waals surface area contributed by atoms with Gasteiger partial charge in [0.15, 0.2) is 6.04 Å². The lowest BCUT2D eigenvalue weighted by molar-refractivity contribution is -0.147. The number of aliphatic hydroxyl groups is 1. The molecule has 2 amide bonds. The lowest BCUT2D eigenvalue weighted by atomic mass is 10.2. The Hall–Kier alpha value is -2.61. The van der Waals surface area contributed by atoms with Gasteiger partial charge in [0, 0.05) is 0 Å². The molecule has 2 atom stereocenters. The van der Waals surface area contributed by atoms with Gasteiger partial charge in [-0.3, -0.25) is 4.79 Å². The van der Waals surface area contributed by atoms with E-state index < -0.39 is 36.7 Å². The molecule has 1 aromatic rings. The molecule has 0 bridgehead atoms. The molecule has 0 radical (unpaired) electrons. The van der Waals surface area contributed by atoms with Gasteiger partial charge in [-0.1, -0.05) is 30.3 Å². The minimum Gasteiger partial charge on any atom is -0.467 e. The molecule has 126 valence electrons. The number of amides is 2. The molecular formula is C15H20N2O6. The zero-order valence-electron chi connectivity index (χ0n) is 12.9. The summed E-state index contributed by atoms with van der Waals surface area (Å²) in [4.78, 5) is 34.5. The molecule has 23 heavy (non-hydrogen) atoms. The van der Waals surface area contributed by atoms with Crippen molar-refractivity contribution in [1.29, 1.82) is 0 Å². The van der Waals surface area contributed by atoms with Gasteiger partial charge in [0.1, 0.15) is 13.2 Å². The first kappa shape index (κ1) is 18.4. The van der Waals surface area contributed by atoms with Gasteiger partial charge in [0.25, 0.3) is 0 Å². The first-order valence-corrected chi connectivity index (χ1v) is 6.94. The Bertz CT molecular complexity index is 532. The highest BCUT2D eigenvalue weighted by atomic mass is 16.5. The van der Waals surface area contributed by atoms with E-state index in [-0.39, 0.29) is 6.61 Å². The van der Waals surface area contributed by atoms with Crippen molar-refractivity contribution >= 4 is 18.0 Å². The van der Waals surface area contributed by atoms with Crippen LogP contribution in [0.4, 0.5) is 4.79 Å². The van der Waals surface area contributed by atoms with E-state index in [0.29, 0.717) is 0 Å². The van der Waals surface area contributed by atoms with E-state index in [1.165, 1.54) is 6.92 Å². The maximum Gasteiger partial charge on any atom is 0.407 e. The number of ether oxygens (including phenoxy) is 2. The lowest BCUT2D eigenvalue weighted by Crippen LogP contribution is -2.51. The Morgan fingerprint density at radius 3 is 2.43 bits per heavy atom. The molecule has 0 saturated heterocycles. The summed E-state index contributed by atoms with van der Waals surface area (Å²) < 4.78 is 9.39. The zero-order valence-corrected chi connectivity index (χ0v) is 12.9. The molecular weight excluding hydrogens is 304 g/mol. The first-order chi connectivity index (χ1) is 10.9. The van der Waals surface area contributed by atoms with Crippen LogP contribution in [0.25, 0.3) is 0 Å². The van der Waals surface area contributed by atoms with Gasteiger partial charge in [0.05, 0.1) is 13.2 Å². The molecule has 0 saturated carbocycles. The van der Waals surface area contributed by atoms with Crippen LogP contribution in [-0.2, 0) is 25.7 Å². The number of rotatable bonds is 7. The van der Waals surface area contributed by atoms with E-state index in [4.69, 9.17) is 4.74 Å². The molecule has 0 unspecified atom stereocenters. The Labute approximate surface area is 133 Å². The van der Waals surface area contributed by atoms with Gasteiger partial charge < -0.3 is 25.2 Å². The van der Waals surface area contributed by atoms with E-state index in [9.17, 15) is 19.5 Å². The smallest absolute Gasteiger partial charge is 0.407 e. The highest BCUT2D eigenvalue weighted by molar-refractivity contribution is 5.87. The van der Waals surface area contributed by atoms with Crippen LogP contribution in [0.2, 0.25) is 0 Å². The predicted molar refractivity (Wildman–Crippen MR) is 80.3 cm³/mol. The van der Waals surface area contributed by atoms with Crippen LogP contribution in [-0.4, -0.2) is 48.9 Å². The van der Waals surface area contributed by atoms with Gasteiger partial charge in [0.2, 0.25) is 5.91 Å². The third kappa shape index (κ3) is 6.79. The maximum absolute atomic E-state index is 11.7. The zero-order chi connectivity index (χ0) is 17.2. The number of methoxy groups -OCH3 is 1. The summed E-state index contributed by atoms with van der Waals surface area (Å²) in [6, 6.07) is 7.86. The van der Waals surface area contributed by atoms with E-state index in [1.807, 2.05) is 18.2 Å². The quantitative estimate of drug-likeness (QED) is 0.606. The molecule has 8 nitrogen and oxygen atoms in total. The SMILES string of the molecule is COC(=O)[C@H](NC(=O)CNC(=O)OCc1ccccc1)[C@H](C)O. The molecule has 8 heteroatoms. The highest BCUT2D eigenvalue weighted by Crippen LogP contribution is 2.00. The summed E-state index contributed by atoms with van der Waals surface area (Å²) in [5, 5.41) is 13.9. The third-order valence-corrected chi connectivity index (χ3v) is 2.86. The summed E-state index contributed by atoms with van der Waals surface area (Å²) in [7, 11) is 1.14. The Balaban J connectivity index is 2.34. The van der Waals surface area contributed by atoms with Crippen molar-refractivity contribution in [3.63, 3.8) is 0 Å². The van der Waals surface area contributed by atoms with E-state index in [0.717, 1.165) is 12.7 Å². The second-order valence-electron chi connectivity index (χ2n) is 4.72. The highest BCUT2D eigenvalue weighted by Gasteiger charge is 2.26. The number of aliphatic hydroxyl groups excluding tert-OH is 1. The van der Waals surface area contributed by atoms with Crippen LogP contribution in [0.3, 0.4) is 0 Å². The third-order valence-electron chi connectivity index (χ3n) is 2.86. The largest absolute Gasteiger partial charge is 0.467 e. The number of carbonyl (C=O) groups excluding carboxylic acids is 3. The van der Waals surface area contributed by atoms with Crippen LogP contribution in [0.1, 0.15) is 12.5 Å². The molecule has 3 N–H and O–H groups in total. The first-order valence-electron chi connectivity index (χ1n) is 6.94. The summed E-state index contributed by atoms with van der Waals surface area (Å²) in [5.74, 6) is -1.43. The average Bonchev–Trinajstić information content (AvgIpc) is 2.55. The normalized spacial score (nSPS) is 12.7. The second kappa shape index (κ2) is 9.42. The van der Waals surface area contributed by atoms with Crippen LogP contribution >= 0.6 is 0 Å². The van der Waals surface area contributed by atoms with Crippen LogP contribution in [0.15, 0.2) is 30.3 Å². The molecule has 0 aliphatic carbocycles. The number of hydrogen-bond acceptors (Lipinski definition) is 6. The maximum atomic E-state index is 11.7. The average molecular weight is 324 g/mol. The number of nitrogens with one attached hydrogen (secondary N) is 2. The fraction of sp³-hybridized carbons (Fsp3) is 0.400. The topological polar surface area (TPSA) is 114 Å². The Morgan fingerprint density at radius 1 is 1.22 bits per heavy atom. The molecule has 0 fully saturated rings. The van der Waals surface area contributed by atoms with Crippen LogP contribution in [0, 0.1) is 0 Å². The standard InChI is InChI=1S/C15H20N2O6/c1-10(18)13(14(20)22-2)17-12(19)8-16-15(21)23-9-11-6-4-3-5-7-11/h3-7,10,13,18H,8-9H2,1-2H3,(H,16,21)(H,17,19)/t10-,13+/m0/s1. The summed E-state index contributed by atoms with van der Waals surface area (Å²) in [5.41, 5.74) is 0.812. The number of hydrogen-bond donors (Lipinski definition) is 3. The molecule has 0 heterocycles. The van der Waals surface area contributed by atoms with Crippen molar-refractivity contribution in [2.45, 2.75) is 25.7 Å². The minimum absolute atomic E-state index is 0.0761. The molecule has 1 rings (SSSR count). The van der Waals surface area contributed by atoms with Crippen molar-refractivity contribution in [1.82, 2.24) is 10.6 Å². The van der Waals surface area contributed by atoms with E-state index >= 15 is 0 Å². The minimum atomic E-state index is -1.20. The Kier molecular flexibility index (Phi) is 7.55. The fourth-order valence-electron chi connectivity index (χ4n) is 1.65. The predicted octanol–water partition coefficient (Wildman–Crippen LogP) is -0.0486. The van der Waals surface area contributed by atoms with Crippen molar-refractivity contribution < 1.29 is 29.0 Å². The molecule has 0 aliphatic rings. The van der Waals surface area contributed by atoms with E-state index in [2.05, 4.69) is 15.4 Å². The molecule has 0 aliphatic heterocycles. The van der Waals surface area contributed by atoms with Gasteiger partial charge in [-0.15, -0.1) is 0 Å².